The molecular formula is C19H21N5O. The van der Waals surface area contributed by atoms with Gasteiger partial charge in [0.2, 0.25) is 5.91 Å². The molecule has 0 spiro atoms. The summed E-state index contributed by atoms with van der Waals surface area (Å²) in [5, 5.41) is 11.6. The van der Waals surface area contributed by atoms with Crippen LogP contribution in [-0.4, -0.2) is 25.5 Å². The molecular weight excluding hydrogens is 314 g/mol. The molecule has 2 heterocycles. The summed E-state index contributed by atoms with van der Waals surface area (Å²) in [6.07, 6.45) is 8.33. The highest BCUT2D eigenvalue weighted by Gasteiger charge is 2.43. The van der Waals surface area contributed by atoms with Gasteiger partial charge >= 0.3 is 0 Å². The fourth-order valence-corrected chi connectivity index (χ4v) is 3.15. The summed E-state index contributed by atoms with van der Waals surface area (Å²) in [4.78, 5) is 12.4. The minimum atomic E-state index is 0.0635. The van der Waals surface area contributed by atoms with E-state index < -0.39 is 0 Å². The van der Waals surface area contributed by atoms with Crippen molar-refractivity contribution < 1.29 is 4.79 Å². The second kappa shape index (κ2) is 6.55. The van der Waals surface area contributed by atoms with Crippen molar-refractivity contribution in [1.29, 1.82) is 0 Å². The Labute approximate surface area is 146 Å². The lowest BCUT2D eigenvalue weighted by molar-refractivity contribution is -0.117. The van der Waals surface area contributed by atoms with Gasteiger partial charge in [-0.3, -0.25) is 14.2 Å². The third kappa shape index (κ3) is 3.47. The third-order valence-electron chi connectivity index (χ3n) is 4.61. The molecule has 1 N–H and O–H groups in total. The van der Waals surface area contributed by atoms with Crippen LogP contribution in [0.5, 0.6) is 0 Å². The van der Waals surface area contributed by atoms with Crippen LogP contribution in [0.3, 0.4) is 0 Å². The van der Waals surface area contributed by atoms with Gasteiger partial charge in [-0.15, -0.1) is 0 Å². The highest BCUT2D eigenvalue weighted by atomic mass is 16.2. The molecule has 2 atom stereocenters. The lowest BCUT2D eigenvalue weighted by atomic mass is 10.1. The number of rotatable bonds is 6. The Bertz CT molecular complexity index is 867. The predicted octanol–water partition coefficient (Wildman–Crippen LogP) is 2.89. The number of hydrogen-bond donors (Lipinski definition) is 1. The van der Waals surface area contributed by atoms with E-state index in [1.165, 1.54) is 5.56 Å². The van der Waals surface area contributed by atoms with Gasteiger partial charge in [0, 0.05) is 30.4 Å². The molecule has 1 fully saturated rings. The number of nitrogens with one attached hydrogen (secondary N) is 1. The number of amides is 1. The van der Waals surface area contributed by atoms with Crippen molar-refractivity contribution in [2.45, 2.75) is 32.4 Å². The molecule has 0 saturated heterocycles. The SMILES string of the molecule is CCn1cc(Cn2cc(NC(=O)C3CC3c3ccccc3)cn2)cn1. The second-order valence-electron chi connectivity index (χ2n) is 6.48. The number of carbonyl (C=O) groups excluding carboxylic acids is 1. The maximum Gasteiger partial charge on any atom is 0.228 e. The van der Waals surface area contributed by atoms with Gasteiger partial charge in [0.25, 0.3) is 0 Å². The van der Waals surface area contributed by atoms with Crippen LogP contribution in [-0.2, 0) is 17.9 Å². The summed E-state index contributed by atoms with van der Waals surface area (Å²) >= 11 is 0. The first-order chi connectivity index (χ1) is 12.2. The maximum atomic E-state index is 12.4. The first kappa shape index (κ1) is 15.6. The minimum Gasteiger partial charge on any atom is -0.323 e. The van der Waals surface area contributed by atoms with E-state index >= 15 is 0 Å². The first-order valence-electron chi connectivity index (χ1n) is 8.62. The summed E-state index contributed by atoms with van der Waals surface area (Å²) in [6, 6.07) is 10.2. The van der Waals surface area contributed by atoms with Crippen molar-refractivity contribution in [3.05, 3.63) is 66.2 Å². The van der Waals surface area contributed by atoms with Gasteiger partial charge in [-0.05, 0) is 24.8 Å². The summed E-state index contributed by atoms with van der Waals surface area (Å²) in [6.45, 7) is 3.55. The Morgan fingerprint density at radius 3 is 2.72 bits per heavy atom. The molecule has 2 aromatic heterocycles. The van der Waals surface area contributed by atoms with Gasteiger partial charge in [-0.1, -0.05) is 30.3 Å². The van der Waals surface area contributed by atoms with Gasteiger partial charge in [-0.2, -0.15) is 10.2 Å². The van der Waals surface area contributed by atoms with Crippen molar-refractivity contribution in [3.8, 4) is 0 Å². The van der Waals surface area contributed by atoms with Gasteiger partial charge in [0.1, 0.15) is 0 Å². The maximum absolute atomic E-state index is 12.4. The molecule has 128 valence electrons. The summed E-state index contributed by atoms with van der Waals surface area (Å²) in [7, 11) is 0. The number of anilines is 1. The zero-order valence-corrected chi connectivity index (χ0v) is 14.2. The van der Waals surface area contributed by atoms with E-state index in [1.807, 2.05) is 46.2 Å². The number of hydrogen-bond acceptors (Lipinski definition) is 3. The largest absolute Gasteiger partial charge is 0.323 e. The van der Waals surface area contributed by atoms with E-state index in [2.05, 4.69) is 34.6 Å². The minimum absolute atomic E-state index is 0.0635. The molecule has 6 heteroatoms. The van der Waals surface area contributed by atoms with Crippen molar-refractivity contribution in [3.63, 3.8) is 0 Å². The number of benzene rings is 1. The highest BCUT2D eigenvalue weighted by Crippen LogP contribution is 2.47. The predicted molar refractivity (Wildman–Crippen MR) is 95.1 cm³/mol. The molecule has 0 bridgehead atoms. The summed E-state index contributed by atoms with van der Waals surface area (Å²) in [5.41, 5.74) is 3.08. The Hall–Kier alpha value is -2.89. The molecule has 3 aromatic rings. The molecule has 1 aliphatic carbocycles. The molecule has 1 aliphatic rings. The van der Waals surface area contributed by atoms with Crippen molar-refractivity contribution in [2.75, 3.05) is 5.32 Å². The van der Waals surface area contributed by atoms with E-state index in [0.29, 0.717) is 12.5 Å². The van der Waals surface area contributed by atoms with E-state index in [1.54, 1.807) is 6.20 Å². The van der Waals surface area contributed by atoms with Crippen molar-refractivity contribution in [2.24, 2.45) is 5.92 Å². The highest BCUT2D eigenvalue weighted by molar-refractivity contribution is 5.95. The lowest BCUT2D eigenvalue weighted by Crippen LogP contribution is -2.14. The summed E-state index contributed by atoms with van der Waals surface area (Å²) < 4.78 is 3.70. The van der Waals surface area contributed by atoms with Crippen LogP contribution in [0.1, 0.15) is 30.4 Å². The molecule has 0 aliphatic heterocycles. The lowest BCUT2D eigenvalue weighted by Gasteiger charge is -2.02. The molecule has 0 radical (unpaired) electrons. The zero-order valence-electron chi connectivity index (χ0n) is 14.2. The average molecular weight is 335 g/mol. The van der Waals surface area contributed by atoms with E-state index in [-0.39, 0.29) is 11.8 Å². The van der Waals surface area contributed by atoms with Gasteiger partial charge < -0.3 is 5.32 Å². The molecule has 25 heavy (non-hydrogen) atoms. The van der Waals surface area contributed by atoms with Crippen LogP contribution >= 0.6 is 0 Å². The second-order valence-corrected chi connectivity index (χ2v) is 6.48. The number of aryl methyl sites for hydroxylation is 1. The van der Waals surface area contributed by atoms with E-state index in [4.69, 9.17) is 0 Å². The topological polar surface area (TPSA) is 64.7 Å². The normalized spacial score (nSPS) is 18.9. The number of aromatic nitrogens is 4. The molecule has 6 nitrogen and oxygen atoms in total. The molecule has 1 aromatic carbocycles. The first-order valence-corrected chi connectivity index (χ1v) is 8.62. The van der Waals surface area contributed by atoms with Crippen LogP contribution in [0.15, 0.2) is 55.1 Å². The molecule has 1 amide bonds. The van der Waals surface area contributed by atoms with Crippen LogP contribution in [0, 0.1) is 5.92 Å². The van der Waals surface area contributed by atoms with Crippen molar-refractivity contribution >= 4 is 11.6 Å². The third-order valence-corrected chi connectivity index (χ3v) is 4.61. The Kier molecular flexibility index (Phi) is 4.09. The molecule has 1 saturated carbocycles. The Morgan fingerprint density at radius 1 is 1.16 bits per heavy atom. The summed E-state index contributed by atoms with van der Waals surface area (Å²) in [5.74, 6) is 0.483. The van der Waals surface area contributed by atoms with E-state index in [9.17, 15) is 4.79 Å². The standard InChI is InChI=1S/C19H21N5O/c1-2-23-11-14(9-20-23)12-24-13-16(10-21-24)22-19(25)18-8-17(18)15-6-4-3-5-7-15/h3-7,9-11,13,17-18H,2,8,12H2,1H3,(H,22,25). The van der Waals surface area contributed by atoms with Gasteiger partial charge in [0.15, 0.2) is 0 Å². The number of nitrogens with zero attached hydrogens (tertiary/aromatic N) is 4. The fourth-order valence-electron chi connectivity index (χ4n) is 3.15. The van der Waals surface area contributed by atoms with E-state index in [0.717, 1.165) is 24.2 Å². The van der Waals surface area contributed by atoms with Crippen molar-refractivity contribution in [1.82, 2.24) is 19.6 Å². The molecule has 4 rings (SSSR count). The number of carbonyl (C=O) groups is 1. The zero-order chi connectivity index (χ0) is 17.2. The quantitative estimate of drug-likeness (QED) is 0.753. The smallest absolute Gasteiger partial charge is 0.228 e. The fraction of sp³-hybridized carbons (Fsp3) is 0.316. The van der Waals surface area contributed by atoms with Crippen LogP contribution in [0.2, 0.25) is 0 Å². The van der Waals surface area contributed by atoms with Crippen LogP contribution in [0.4, 0.5) is 5.69 Å². The Balaban J connectivity index is 1.34. The molecule has 2 unspecified atom stereocenters. The van der Waals surface area contributed by atoms with Gasteiger partial charge in [-0.25, -0.2) is 0 Å². The Morgan fingerprint density at radius 2 is 1.96 bits per heavy atom. The van der Waals surface area contributed by atoms with Crippen LogP contribution < -0.4 is 5.32 Å². The monoisotopic (exact) mass is 335 g/mol. The van der Waals surface area contributed by atoms with Gasteiger partial charge in [0.05, 0.1) is 24.6 Å². The van der Waals surface area contributed by atoms with Crippen LogP contribution in [0.25, 0.3) is 0 Å². The average Bonchev–Trinajstić information content (AvgIpc) is 3.13.